The highest BCUT2D eigenvalue weighted by molar-refractivity contribution is 5.97. The topological polar surface area (TPSA) is 128 Å². The molecule has 4 rings (SSSR count). The van der Waals surface area contributed by atoms with Gasteiger partial charge in [0.05, 0.1) is 0 Å². The van der Waals surface area contributed by atoms with E-state index in [1.807, 2.05) is 5.32 Å². The van der Waals surface area contributed by atoms with E-state index in [1.165, 1.54) is 19.3 Å². The second kappa shape index (κ2) is 8.09. The van der Waals surface area contributed by atoms with Crippen molar-refractivity contribution in [2.24, 2.45) is 34.8 Å². The van der Waals surface area contributed by atoms with Crippen LogP contribution in [0.2, 0.25) is 0 Å². The van der Waals surface area contributed by atoms with E-state index in [2.05, 4.69) is 5.32 Å². The van der Waals surface area contributed by atoms with E-state index in [0.717, 1.165) is 37.0 Å². The molecular weight excluding hydrogens is 362 g/mol. The number of urea groups is 1. The number of esters is 1. The maximum atomic E-state index is 12.5. The predicted molar refractivity (Wildman–Crippen MR) is 101 cm³/mol. The van der Waals surface area contributed by atoms with Crippen LogP contribution in [-0.4, -0.2) is 36.5 Å². The monoisotopic (exact) mass is 393 g/mol. The van der Waals surface area contributed by atoms with E-state index in [-0.39, 0.29) is 23.8 Å². The fourth-order valence-corrected chi connectivity index (χ4v) is 5.95. The summed E-state index contributed by atoms with van der Waals surface area (Å²) in [7, 11) is 0. The Labute approximate surface area is 165 Å². The van der Waals surface area contributed by atoms with E-state index >= 15 is 0 Å². The van der Waals surface area contributed by atoms with Crippen molar-refractivity contribution in [3.63, 3.8) is 0 Å². The second-order valence-corrected chi connectivity index (χ2v) is 9.38. The zero-order valence-electron chi connectivity index (χ0n) is 16.7. The minimum Gasteiger partial charge on any atom is -0.451 e. The lowest BCUT2D eigenvalue weighted by molar-refractivity contribution is -0.158. The average Bonchev–Trinajstić information content (AvgIpc) is 2.55. The fourth-order valence-electron chi connectivity index (χ4n) is 5.95. The Balaban J connectivity index is 1.47. The molecule has 8 nitrogen and oxygen atoms in total. The number of carbonyl (C=O) groups is 4. The summed E-state index contributed by atoms with van der Waals surface area (Å²) >= 11 is 0. The van der Waals surface area contributed by atoms with Crippen LogP contribution >= 0.6 is 0 Å². The van der Waals surface area contributed by atoms with Crippen molar-refractivity contribution >= 4 is 23.8 Å². The number of carbonyl (C=O) groups excluding carboxylic acids is 4. The maximum absolute atomic E-state index is 12.5. The number of amides is 4. The average molecular weight is 393 g/mol. The summed E-state index contributed by atoms with van der Waals surface area (Å²) in [5.74, 6) is 0.333. The number of imide groups is 1. The summed E-state index contributed by atoms with van der Waals surface area (Å²) in [6.45, 7) is 3.08. The van der Waals surface area contributed by atoms with Crippen molar-refractivity contribution in [3.8, 4) is 0 Å². The molecule has 4 aliphatic rings. The van der Waals surface area contributed by atoms with Gasteiger partial charge in [-0.25, -0.2) is 4.79 Å². The number of hydrogen-bond acceptors (Lipinski definition) is 5. The van der Waals surface area contributed by atoms with Crippen LogP contribution in [0.25, 0.3) is 0 Å². The van der Waals surface area contributed by atoms with Gasteiger partial charge in [-0.1, -0.05) is 13.8 Å². The molecule has 0 unspecified atom stereocenters. The third-order valence-electron chi connectivity index (χ3n) is 6.50. The predicted octanol–water partition coefficient (Wildman–Crippen LogP) is 1.47. The molecule has 4 bridgehead atoms. The lowest BCUT2D eigenvalue weighted by Crippen LogP contribution is -2.48. The Hall–Kier alpha value is -2.12. The summed E-state index contributed by atoms with van der Waals surface area (Å²) in [6.07, 6.45) is 6.64. The van der Waals surface area contributed by atoms with Gasteiger partial charge in [-0.05, 0) is 67.6 Å². The molecule has 0 heterocycles. The molecule has 0 saturated heterocycles. The van der Waals surface area contributed by atoms with Crippen molar-refractivity contribution in [2.75, 3.05) is 6.54 Å². The van der Waals surface area contributed by atoms with Crippen molar-refractivity contribution in [1.82, 2.24) is 10.6 Å². The number of hydrogen-bond donors (Lipinski definition) is 3. The second-order valence-electron chi connectivity index (χ2n) is 9.38. The summed E-state index contributed by atoms with van der Waals surface area (Å²) < 4.78 is 5.15. The molecule has 4 N–H and O–H groups in total. The van der Waals surface area contributed by atoms with Crippen LogP contribution in [0.15, 0.2) is 0 Å². The zero-order chi connectivity index (χ0) is 20.5. The molecule has 4 fully saturated rings. The molecule has 0 aromatic rings. The minimum absolute atomic E-state index is 0.102. The van der Waals surface area contributed by atoms with E-state index < -0.39 is 24.0 Å². The first-order valence-corrected chi connectivity index (χ1v) is 10.2. The Morgan fingerprint density at radius 1 is 1.04 bits per heavy atom. The molecule has 0 radical (unpaired) electrons. The van der Waals surface area contributed by atoms with Crippen molar-refractivity contribution in [1.29, 1.82) is 0 Å². The first kappa shape index (κ1) is 20.6. The van der Waals surface area contributed by atoms with E-state index in [0.29, 0.717) is 6.42 Å². The van der Waals surface area contributed by atoms with Crippen LogP contribution in [0.4, 0.5) is 4.79 Å². The third-order valence-corrected chi connectivity index (χ3v) is 6.50. The highest BCUT2D eigenvalue weighted by Gasteiger charge is 2.51. The van der Waals surface area contributed by atoms with Gasteiger partial charge in [0.15, 0.2) is 6.10 Å². The normalized spacial score (nSPS) is 31.3. The first-order valence-electron chi connectivity index (χ1n) is 10.2. The molecule has 4 amide bonds. The van der Waals surface area contributed by atoms with Gasteiger partial charge in [0.1, 0.15) is 6.54 Å². The SMILES string of the molecule is CC(C)[C@@H](OC(=O)CNC(=O)CC12CC3CC(CC(C3)C1)C2)C(=O)NC(N)=O. The van der Waals surface area contributed by atoms with Gasteiger partial charge < -0.3 is 15.8 Å². The number of primary amides is 1. The molecule has 0 spiro atoms. The van der Waals surface area contributed by atoms with Crippen LogP contribution < -0.4 is 16.4 Å². The first-order chi connectivity index (χ1) is 13.2. The van der Waals surface area contributed by atoms with E-state index in [1.54, 1.807) is 13.8 Å². The maximum Gasteiger partial charge on any atom is 0.326 e. The van der Waals surface area contributed by atoms with Crippen molar-refractivity contribution < 1.29 is 23.9 Å². The van der Waals surface area contributed by atoms with Crippen molar-refractivity contribution in [3.05, 3.63) is 0 Å². The standard InChI is InChI=1S/C20H31N3O5/c1-11(2)17(18(26)23-19(21)27)28-16(25)10-22-15(24)9-20-6-12-3-13(7-20)5-14(4-12)8-20/h11-14,17H,3-10H2,1-2H3,(H,22,24)(H3,21,23,26,27)/t12?,13?,14?,17-,20?/m1/s1. The molecule has 156 valence electrons. The van der Waals surface area contributed by atoms with E-state index in [4.69, 9.17) is 10.5 Å². The quantitative estimate of drug-likeness (QED) is 0.564. The molecular formula is C20H31N3O5. The molecule has 4 aliphatic carbocycles. The van der Waals surface area contributed by atoms with Gasteiger partial charge in [0.25, 0.3) is 5.91 Å². The van der Waals surface area contributed by atoms with Gasteiger partial charge in [-0.3, -0.25) is 19.7 Å². The Kier molecular flexibility index (Phi) is 5.95. The molecule has 0 aromatic heterocycles. The number of ether oxygens (including phenoxy) is 1. The highest BCUT2D eigenvalue weighted by Crippen LogP contribution is 2.61. The summed E-state index contributed by atoms with van der Waals surface area (Å²) in [5, 5.41) is 4.56. The lowest BCUT2D eigenvalue weighted by Gasteiger charge is -2.56. The number of rotatable bonds is 7. The van der Waals surface area contributed by atoms with Crippen LogP contribution in [0.3, 0.4) is 0 Å². The Morgan fingerprint density at radius 3 is 2.04 bits per heavy atom. The van der Waals surface area contributed by atoms with Gasteiger partial charge in [-0.2, -0.15) is 0 Å². The van der Waals surface area contributed by atoms with Crippen LogP contribution in [-0.2, 0) is 19.1 Å². The van der Waals surface area contributed by atoms with Gasteiger partial charge in [0.2, 0.25) is 5.91 Å². The number of nitrogens with two attached hydrogens (primary N) is 1. The highest BCUT2D eigenvalue weighted by atomic mass is 16.5. The van der Waals surface area contributed by atoms with Gasteiger partial charge in [0, 0.05) is 6.42 Å². The third kappa shape index (κ3) is 4.83. The molecule has 28 heavy (non-hydrogen) atoms. The van der Waals surface area contributed by atoms with Crippen LogP contribution in [0, 0.1) is 29.1 Å². The summed E-state index contributed by atoms with van der Waals surface area (Å²) in [4.78, 5) is 47.3. The minimum atomic E-state index is -1.14. The molecule has 0 aromatic carbocycles. The Bertz CT molecular complexity index is 625. The lowest BCUT2D eigenvalue weighted by atomic mass is 9.49. The summed E-state index contributed by atoms with van der Waals surface area (Å²) in [6, 6.07) is -1.00. The van der Waals surface area contributed by atoms with Crippen LogP contribution in [0.1, 0.15) is 58.8 Å². The van der Waals surface area contributed by atoms with Crippen molar-refractivity contribution in [2.45, 2.75) is 64.9 Å². The van der Waals surface area contributed by atoms with Crippen LogP contribution in [0.5, 0.6) is 0 Å². The van der Waals surface area contributed by atoms with Gasteiger partial charge in [-0.15, -0.1) is 0 Å². The largest absolute Gasteiger partial charge is 0.451 e. The molecule has 0 aliphatic heterocycles. The van der Waals surface area contributed by atoms with Gasteiger partial charge >= 0.3 is 12.0 Å². The molecule has 4 saturated carbocycles. The van der Waals surface area contributed by atoms with E-state index in [9.17, 15) is 19.2 Å². The zero-order valence-corrected chi connectivity index (χ0v) is 16.7. The smallest absolute Gasteiger partial charge is 0.326 e. The summed E-state index contributed by atoms with van der Waals surface area (Å²) in [5.41, 5.74) is 5.04. The fraction of sp³-hybridized carbons (Fsp3) is 0.800. The molecule has 8 heteroatoms. The molecule has 1 atom stereocenters. The Morgan fingerprint density at radius 2 is 1.57 bits per heavy atom. The number of nitrogens with one attached hydrogen (secondary N) is 2.